The van der Waals surface area contributed by atoms with Gasteiger partial charge >= 0.3 is 5.97 Å². The Morgan fingerprint density at radius 2 is 1.89 bits per heavy atom. The SMILES string of the molecule is O=C(Nc1sc2c(c1C(=O)O)CCN(C(=O)C1CCC1)C2)c1ccc(Cl)cc1. The molecule has 2 heterocycles. The molecule has 0 saturated heterocycles. The van der Waals surface area contributed by atoms with E-state index in [4.69, 9.17) is 11.6 Å². The molecule has 1 aliphatic heterocycles. The highest BCUT2D eigenvalue weighted by molar-refractivity contribution is 7.17. The Hall–Kier alpha value is -2.38. The number of anilines is 1. The molecule has 1 aliphatic carbocycles. The molecule has 0 radical (unpaired) electrons. The lowest BCUT2D eigenvalue weighted by atomic mass is 9.84. The van der Waals surface area contributed by atoms with Gasteiger partial charge in [-0.3, -0.25) is 9.59 Å². The Bertz CT molecular complexity index is 950. The standard InChI is InChI=1S/C20H19ClN2O4S/c21-13-6-4-11(5-7-13)17(24)22-18-16(20(26)27)14-8-9-23(10-15(14)28-18)19(25)12-2-1-3-12/h4-7,12H,1-3,8-10H2,(H,22,24)(H,26,27). The molecular weight excluding hydrogens is 400 g/mol. The lowest BCUT2D eigenvalue weighted by Gasteiger charge is -2.33. The van der Waals surface area contributed by atoms with E-state index in [0.717, 1.165) is 29.7 Å². The second-order valence-electron chi connectivity index (χ2n) is 7.11. The quantitative estimate of drug-likeness (QED) is 0.784. The molecule has 146 valence electrons. The fourth-order valence-corrected chi connectivity index (χ4v) is 4.97. The highest BCUT2D eigenvalue weighted by atomic mass is 35.5. The van der Waals surface area contributed by atoms with Crippen molar-refractivity contribution in [1.82, 2.24) is 4.90 Å². The normalized spacial score (nSPS) is 16.2. The summed E-state index contributed by atoms with van der Waals surface area (Å²) in [6.45, 7) is 0.927. The number of benzene rings is 1. The van der Waals surface area contributed by atoms with Crippen molar-refractivity contribution in [2.24, 2.45) is 5.92 Å². The van der Waals surface area contributed by atoms with E-state index in [1.807, 2.05) is 4.90 Å². The monoisotopic (exact) mass is 418 g/mol. The maximum Gasteiger partial charge on any atom is 0.339 e. The van der Waals surface area contributed by atoms with Gasteiger partial charge in [0.05, 0.1) is 12.1 Å². The summed E-state index contributed by atoms with van der Waals surface area (Å²) in [5, 5.41) is 13.3. The number of nitrogens with zero attached hydrogens (tertiary/aromatic N) is 1. The molecule has 2 aliphatic rings. The zero-order valence-corrected chi connectivity index (χ0v) is 16.6. The largest absolute Gasteiger partial charge is 0.478 e. The van der Waals surface area contributed by atoms with E-state index in [-0.39, 0.29) is 23.3 Å². The summed E-state index contributed by atoms with van der Waals surface area (Å²) < 4.78 is 0. The van der Waals surface area contributed by atoms with Crippen molar-refractivity contribution in [2.75, 3.05) is 11.9 Å². The molecule has 1 saturated carbocycles. The maximum absolute atomic E-state index is 12.5. The fourth-order valence-electron chi connectivity index (χ4n) is 3.60. The van der Waals surface area contributed by atoms with Gasteiger partial charge in [-0.2, -0.15) is 0 Å². The Balaban J connectivity index is 1.58. The number of halogens is 1. The molecule has 0 bridgehead atoms. The van der Waals surface area contributed by atoms with Crippen LogP contribution in [0.15, 0.2) is 24.3 Å². The smallest absolute Gasteiger partial charge is 0.339 e. The van der Waals surface area contributed by atoms with E-state index >= 15 is 0 Å². The molecule has 0 atom stereocenters. The van der Waals surface area contributed by atoms with Gasteiger partial charge in [-0.25, -0.2) is 4.79 Å². The number of thiophene rings is 1. The number of carboxylic acid groups (broad SMARTS) is 1. The predicted molar refractivity (Wildman–Crippen MR) is 107 cm³/mol. The number of hydrogen-bond donors (Lipinski definition) is 2. The topological polar surface area (TPSA) is 86.7 Å². The molecular formula is C20H19ClN2O4S. The minimum Gasteiger partial charge on any atom is -0.478 e. The molecule has 0 spiro atoms. The summed E-state index contributed by atoms with van der Waals surface area (Å²) in [6.07, 6.45) is 3.46. The van der Waals surface area contributed by atoms with Gasteiger partial charge in [0.25, 0.3) is 5.91 Å². The lowest BCUT2D eigenvalue weighted by molar-refractivity contribution is -0.139. The van der Waals surface area contributed by atoms with Crippen molar-refractivity contribution in [3.63, 3.8) is 0 Å². The van der Waals surface area contributed by atoms with Crippen LogP contribution in [0.25, 0.3) is 0 Å². The maximum atomic E-state index is 12.5. The Labute approximate surface area is 171 Å². The molecule has 6 nitrogen and oxygen atoms in total. The van der Waals surface area contributed by atoms with Gasteiger partial charge in [-0.15, -0.1) is 11.3 Å². The van der Waals surface area contributed by atoms with Crippen LogP contribution < -0.4 is 5.32 Å². The van der Waals surface area contributed by atoms with Crippen molar-refractivity contribution in [1.29, 1.82) is 0 Å². The highest BCUT2D eigenvalue weighted by Gasteiger charge is 2.34. The molecule has 4 rings (SSSR count). The Morgan fingerprint density at radius 1 is 1.18 bits per heavy atom. The summed E-state index contributed by atoms with van der Waals surface area (Å²) in [5.41, 5.74) is 1.26. The van der Waals surface area contributed by atoms with Crippen LogP contribution in [0.1, 0.15) is 50.4 Å². The first-order valence-corrected chi connectivity index (χ1v) is 10.4. The first-order valence-electron chi connectivity index (χ1n) is 9.17. The van der Waals surface area contributed by atoms with Crippen molar-refractivity contribution < 1.29 is 19.5 Å². The molecule has 8 heteroatoms. The van der Waals surface area contributed by atoms with Gasteiger partial charge in [0, 0.05) is 27.9 Å². The van der Waals surface area contributed by atoms with Gasteiger partial charge in [0.2, 0.25) is 5.91 Å². The first-order chi connectivity index (χ1) is 13.4. The van der Waals surface area contributed by atoms with E-state index in [9.17, 15) is 19.5 Å². The summed E-state index contributed by atoms with van der Waals surface area (Å²) in [4.78, 5) is 39.6. The van der Waals surface area contributed by atoms with Crippen LogP contribution in [-0.2, 0) is 17.8 Å². The van der Waals surface area contributed by atoms with Crippen LogP contribution >= 0.6 is 22.9 Å². The third kappa shape index (κ3) is 3.52. The fraction of sp³-hybridized carbons (Fsp3) is 0.350. The van der Waals surface area contributed by atoms with Crippen molar-refractivity contribution in [2.45, 2.75) is 32.2 Å². The number of carboxylic acids is 1. The number of nitrogens with one attached hydrogen (secondary N) is 1. The van der Waals surface area contributed by atoms with Gasteiger partial charge in [0.1, 0.15) is 5.00 Å². The number of aromatic carboxylic acids is 1. The zero-order valence-electron chi connectivity index (χ0n) is 15.0. The average molecular weight is 419 g/mol. The van der Waals surface area contributed by atoms with E-state index in [0.29, 0.717) is 35.1 Å². The third-order valence-corrected chi connectivity index (χ3v) is 6.75. The van der Waals surface area contributed by atoms with Crippen LogP contribution in [0, 0.1) is 5.92 Å². The summed E-state index contributed by atoms with van der Waals surface area (Å²) in [5.74, 6) is -1.18. The molecule has 1 aromatic carbocycles. The van der Waals surface area contributed by atoms with Gasteiger partial charge in [0.15, 0.2) is 0 Å². The van der Waals surface area contributed by atoms with Crippen molar-refractivity contribution in [3.8, 4) is 0 Å². The molecule has 2 N–H and O–H groups in total. The van der Waals surface area contributed by atoms with Crippen LogP contribution in [0.2, 0.25) is 5.02 Å². The van der Waals surface area contributed by atoms with Crippen LogP contribution in [0.3, 0.4) is 0 Å². The molecule has 2 amide bonds. The van der Waals surface area contributed by atoms with Crippen LogP contribution in [0.5, 0.6) is 0 Å². The summed E-state index contributed by atoms with van der Waals surface area (Å²) >= 11 is 7.09. The molecule has 2 aromatic rings. The Morgan fingerprint density at radius 3 is 2.50 bits per heavy atom. The minimum atomic E-state index is -1.07. The van der Waals surface area contributed by atoms with Crippen LogP contribution in [-0.4, -0.2) is 34.3 Å². The molecule has 28 heavy (non-hydrogen) atoms. The number of carbonyl (C=O) groups is 3. The average Bonchev–Trinajstić information content (AvgIpc) is 2.97. The summed E-state index contributed by atoms with van der Waals surface area (Å²) in [7, 11) is 0. The number of rotatable bonds is 4. The van der Waals surface area contributed by atoms with Gasteiger partial charge in [-0.1, -0.05) is 18.0 Å². The van der Waals surface area contributed by atoms with Crippen molar-refractivity contribution >= 4 is 45.7 Å². The first kappa shape index (κ1) is 19.0. The number of hydrogen-bond acceptors (Lipinski definition) is 4. The number of amides is 2. The van der Waals surface area contributed by atoms with E-state index in [1.165, 1.54) is 11.3 Å². The predicted octanol–water partition coefficient (Wildman–Crippen LogP) is 4.04. The Kier molecular flexibility index (Phi) is 5.12. The highest BCUT2D eigenvalue weighted by Crippen LogP contribution is 2.38. The lowest BCUT2D eigenvalue weighted by Crippen LogP contribution is -2.41. The van der Waals surface area contributed by atoms with Gasteiger partial charge in [-0.05, 0) is 49.1 Å². The van der Waals surface area contributed by atoms with Gasteiger partial charge < -0.3 is 15.3 Å². The zero-order chi connectivity index (χ0) is 19.8. The van der Waals surface area contributed by atoms with E-state index < -0.39 is 5.97 Å². The van der Waals surface area contributed by atoms with Crippen LogP contribution in [0.4, 0.5) is 5.00 Å². The molecule has 1 aromatic heterocycles. The molecule has 0 unspecified atom stereocenters. The van der Waals surface area contributed by atoms with E-state index in [2.05, 4.69) is 5.32 Å². The second kappa shape index (κ2) is 7.56. The minimum absolute atomic E-state index is 0.115. The molecule has 1 fully saturated rings. The number of carbonyl (C=O) groups excluding carboxylic acids is 2. The number of fused-ring (bicyclic) bond motifs is 1. The second-order valence-corrected chi connectivity index (χ2v) is 8.65. The van der Waals surface area contributed by atoms with Crippen molar-refractivity contribution in [3.05, 3.63) is 50.9 Å². The summed E-state index contributed by atoms with van der Waals surface area (Å²) in [6, 6.07) is 6.39. The van der Waals surface area contributed by atoms with E-state index in [1.54, 1.807) is 24.3 Å². The third-order valence-electron chi connectivity index (χ3n) is 5.37.